The highest BCUT2D eigenvalue weighted by Crippen LogP contribution is 1.98. The van der Waals surface area contributed by atoms with Gasteiger partial charge in [0.1, 0.15) is 6.79 Å². The van der Waals surface area contributed by atoms with Crippen molar-refractivity contribution in [3.8, 4) is 0 Å². The molecule has 0 aliphatic rings. The first-order chi connectivity index (χ1) is 6.13. The van der Waals surface area contributed by atoms with Gasteiger partial charge in [0.25, 0.3) is 0 Å². The average Bonchev–Trinajstić information content (AvgIpc) is 2.01. The predicted octanol–water partition coefficient (Wildman–Crippen LogP) is 1.76. The second-order valence-corrected chi connectivity index (χ2v) is 3.88. The maximum Gasteiger partial charge on any atom is 0.146 e. The Morgan fingerprint density at radius 3 is 2.00 bits per heavy atom. The number of hydrogen-bond acceptors (Lipinski definition) is 3. The summed E-state index contributed by atoms with van der Waals surface area (Å²) < 4.78 is 10.5. The zero-order valence-corrected chi connectivity index (χ0v) is 9.08. The molecule has 0 aromatic carbocycles. The highest BCUT2D eigenvalue weighted by molar-refractivity contribution is 4.49. The third-order valence-electron chi connectivity index (χ3n) is 1.72. The van der Waals surface area contributed by atoms with Crippen molar-refractivity contribution < 1.29 is 9.47 Å². The Balaban J connectivity index is 2.92. The Kier molecular flexibility index (Phi) is 8.40. The highest BCUT2D eigenvalue weighted by Gasteiger charge is 1.95. The Morgan fingerprint density at radius 2 is 1.54 bits per heavy atom. The maximum absolute atomic E-state index is 5.55. The standard InChI is InChI=1S/C10H23NO2/c1-9(2)4-6-12-8-13-7-5-10(3)11/h9-10H,4-8,11H2,1-3H3. The fourth-order valence-corrected chi connectivity index (χ4v) is 0.765. The van der Waals surface area contributed by atoms with Crippen molar-refractivity contribution in [2.75, 3.05) is 20.0 Å². The molecule has 1 unspecified atom stereocenters. The molecule has 3 heteroatoms. The molecule has 0 aliphatic carbocycles. The van der Waals surface area contributed by atoms with E-state index >= 15 is 0 Å². The molecule has 0 rings (SSSR count). The van der Waals surface area contributed by atoms with Crippen LogP contribution >= 0.6 is 0 Å². The Hall–Kier alpha value is -0.120. The summed E-state index contributed by atoms with van der Waals surface area (Å²) in [5.74, 6) is 0.698. The molecule has 0 bridgehead atoms. The van der Waals surface area contributed by atoms with E-state index < -0.39 is 0 Å². The molecule has 0 spiro atoms. The first-order valence-corrected chi connectivity index (χ1v) is 5.04. The van der Waals surface area contributed by atoms with Crippen LogP contribution in [0.15, 0.2) is 0 Å². The summed E-state index contributed by atoms with van der Waals surface area (Å²) in [6.07, 6.45) is 1.99. The molecule has 3 nitrogen and oxygen atoms in total. The monoisotopic (exact) mass is 189 g/mol. The van der Waals surface area contributed by atoms with E-state index in [4.69, 9.17) is 15.2 Å². The number of rotatable bonds is 8. The summed E-state index contributed by atoms with van der Waals surface area (Å²) in [6.45, 7) is 8.22. The van der Waals surface area contributed by atoms with E-state index in [9.17, 15) is 0 Å². The molecule has 13 heavy (non-hydrogen) atoms. The summed E-state index contributed by atoms with van der Waals surface area (Å²) in [6, 6.07) is 0.218. The van der Waals surface area contributed by atoms with Gasteiger partial charge in [0.15, 0.2) is 0 Å². The first kappa shape index (κ1) is 12.9. The number of ether oxygens (including phenoxy) is 2. The van der Waals surface area contributed by atoms with Crippen molar-refractivity contribution in [1.82, 2.24) is 0 Å². The molecular formula is C10H23NO2. The molecule has 2 N–H and O–H groups in total. The molecule has 1 atom stereocenters. The third-order valence-corrected chi connectivity index (χ3v) is 1.72. The summed E-state index contributed by atoms with van der Waals surface area (Å²) in [5, 5.41) is 0. The molecule has 0 fully saturated rings. The van der Waals surface area contributed by atoms with Crippen LogP contribution in [0.25, 0.3) is 0 Å². The fraction of sp³-hybridized carbons (Fsp3) is 1.00. The molecule has 0 saturated heterocycles. The average molecular weight is 189 g/mol. The van der Waals surface area contributed by atoms with E-state index in [0.717, 1.165) is 19.4 Å². The lowest BCUT2D eigenvalue weighted by Gasteiger charge is -2.08. The van der Waals surface area contributed by atoms with Crippen LogP contribution in [0.1, 0.15) is 33.6 Å². The zero-order valence-electron chi connectivity index (χ0n) is 9.08. The molecular weight excluding hydrogens is 166 g/mol. The quantitative estimate of drug-likeness (QED) is 0.467. The minimum atomic E-state index is 0.218. The Bertz CT molecular complexity index is 93.1. The van der Waals surface area contributed by atoms with Crippen molar-refractivity contribution in [3.05, 3.63) is 0 Å². The zero-order chi connectivity index (χ0) is 10.1. The Morgan fingerprint density at radius 1 is 1.00 bits per heavy atom. The molecule has 80 valence electrons. The highest BCUT2D eigenvalue weighted by atomic mass is 16.7. The number of nitrogens with two attached hydrogens (primary N) is 1. The van der Waals surface area contributed by atoms with E-state index in [0.29, 0.717) is 19.3 Å². The second kappa shape index (κ2) is 8.48. The minimum Gasteiger partial charge on any atom is -0.355 e. The van der Waals surface area contributed by atoms with Crippen molar-refractivity contribution in [2.24, 2.45) is 11.7 Å². The summed E-state index contributed by atoms with van der Waals surface area (Å²) in [5.41, 5.74) is 5.55. The van der Waals surface area contributed by atoms with Crippen LogP contribution in [0.3, 0.4) is 0 Å². The molecule has 0 aromatic rings. The maximum atomic E-state index is 5.55. The fourth-order valence-electron chi connectivity index (χ4n) is 0.765. The van der Waals surface area contributed by atoms with Crippen LogP contribution in [0, 0.1) is 5.92 Å². The lowest BCUT2D eigenvalue weighted by molar-refractivity contribution is -0.0575. The van der Waals surface area contributed by atoms with Gasteiger partial charge >= 0.3 is 0 Å². The van der Waals surface area contributed by atoms with Crippen molar-refractivity contribution in [3.63, 3.8) is 0 Å². The Labute approximate surface area is 81.6 Å². The largest absolute Gasteiger partial charge is 0.355 e. The van der Waals surface area contributed by atoms with Crippen molar-refractivity contribution >= 4 is 0 Å². The first-order valence-electron chi connectivity index (χ1n) is 5.04. The van der Waals surface area contributed by atoms with Gasteiger partial charge in [-0.2, -0.15) is 0 Å². The van der Waals surface area contributed by atoms with Crippen molar-refractivity contribution in [1.29, 1.82) is 0 Å². The van der Waals surface area contributed by atoms with Gasteiger partial charge in [0.05, 0.1) is 6.61 Å². The molecule has 0 saturated carbocycles. The van der Waals surface area contributed by atoms with Crippen LogP contribution in [-0.4, -0.2) is 26.0 Å². The smallest absolute Gasteiger partial charge is 0.146 e. The van der Waals surface area contributed by atoms with Gasteiger partial charge in [0.2, 0.25) is 0 Å². The topological polar surface area (TPSA) is 44.5 Å². The SMILES string of the molecule is CC(C)CCOCOCCC(C)N. The molecule has 0 aromatic heterocycles. The van der Waals surface area contributed by atoms with E-state index in [1.54, 1.807) is 0 Å². The number of hydrogen-bond donors (Lipinski definition) is 1. The second-order valence-electron chi connectivity index (χ2n) is 3.88. The summed E-state index contributed by atoms with van der Waals surface area (Å²) in [7, 11) is 0. The van der Waals surface area contributed by atoms with Gasteiger partial charge in [-0.05, 0) is 25.7 Å². The normalized spacial score (nSPS) is 13.6. The van der Waals surface area contributed by atoms with Crippen LogP contribution in [0.4, 0.5) is 0 Å². The van der Waals surface area contributed by atoms with Crippen LogP contribution in [0.2, 0.25) is 0 Å². The van der Waals surface area contributed by atoms with Gasteiger partial charge < -0.3 is 15.2 Å². The molecule has 0 amide bonds. The molecule has 0 aliphatic heterocycles. The third kappa shape index (κ3) is 11.9. The van der Waals surface area contributed by atoms with Gasteiger partial charge in [-0.1, -0.05) is 13.8 Å². The van der Waals surface area contributed by atoms with E-state index in [1.165, 1.54) is 0 Å². The van der Waals surface area contributed by atoms with Gasteiger partial charge in [-0.3, -0.25) is 0 Å². The summed E-state index contributed by atoms with van der Waals surface area (Å²) >= 11 is 0. The van der Waals surface area contributed by atoms with Crippen LogP contribution in [0.5, 0.6) is 0 Å². The lowest BCUT2D eigenvalue weighted by Crippen LogP contribution is -2.17. The van der Waals surface area contributed by atoms with Gasteiger partial charge in [-0.15, -0.1) is 0 Å². The minimum absolute atomic E-state index is 0.218. The predicted molar refractivity (Wildman–Crippen MR) is 54.5 cm³/mol. The van der Waals surface area contributed by atoms with Gasteiger partial charge in [0, 0.05) is 12.6 Å². The molecule has 0 heterocycles. The van der Waals surface area contributed by atoms with E-state index in [2.05, 4.69) is 13.8 Å². The van der Waals surface area contributed by atoms with Crippen molar-refractivity contribution in [2.45, 2.75) is 39.7 Å². The lowest BCUT2D eigenvalue weighted by atomic mass is 10.1. The van der Waals surface area contributed by atoms with Gasteiger partial charge in [-0.25, -0.2) is 0 Å². The van der Waals surface area contributed by atoms with Crippen LogP contribution < -0.4 is 5.73 Å². The molecule has 0 radical (unpaired) electrons. The van der Waals surface area contributed by atoms with Crippen LogP contribution in [-0.2, 0) is 9.47 Å². The summed E-state index contributed by atoms with van der Waals surface area (Å²) in [4.78, 5) is 0. The van der Waals surface area contributed by atoms with E-state index in [-0.39, 0.29) is 6.04 Å². The van der Waals surface area contributed by atoms with E-state index in [1.807, 2.05) is 6.92 Å².